The second kappa shape index (κ2) is 56.5. The Bertz CT molecular complexity index is 1430. The first-order valence-electron chi connectivity index (χ1n) is 32.9. The van der Waals surface area contributed by atoms with Crippen molar-refractivity contribution in [3.63, 3.8) is 0 Å². The molecule has 0 aromatic carbocycles. The minimum Gasteiger partial charge on any atom is -0.466 e. The Hall–Kier alpha value is -2.38. The molecule has 11 nitrogen and oxygen atoms in total. The summed E-state index contributed by atoms with van der Waals surface area (Å²) in [7, 11) is 0. The van der Waals surface area contributed by atoms with Crippen molar-refractivity contribution in [3.8, 4) is 0 Å². The molecule has 6 N–H and O–H groups in total. The van der Waals surface area contributed by atoms with Gasteiger partial charge in [-0.2, -0.15) is 0 Å². The van der Waals surface area contributed by atoms with Gasteiger partial charge in [0.2, 0.25) is 5.91 Å². The second-order valence-electron chi connectivity index (χ2n) is 22.8. The topological polar surface area (TPSA) is 175 Å². The molecular formula is C67H123NO10. The summed E-state index contributed by atoms with van der Waals surface area (Å²) in [4.78, 5) is 25.0. The van der Waals surface area contributed by atoms with Crippen molar-refractivity contribution < 1.29 is 49.3 Å². The highest BCUT2D eigenvalue weighted by atomic mass is 16.7. The SMILES string of the molecule is CCCC/C=C/CC/C=C/CC/C=C/C(O)C(COC1OC(CO)C(O)C(O)C1O)NC(=O)CCCCCCCCCCCCC/C=C\CCCCCCCCCCCCCCOC(=O)CCCCCCCCCCCCC. The normalized spacial score (nSPS) is 18.8. The Morgan fingerprint density at radius 1 is 0.462 bits per heavy atom. The van der Waals surface area contributed by atoms with Gasteiger partial charge in [-0.3, -0.25) is 9.59 Å². The summed E-state index contributed by atoms with van der Waals surface area (Å²) >= 11 is 0. The zero-order valence-corrected chi connectivity index (χ0v) is 50.4. The van der Waals surface area contributed by atoms with Crippen LogP contribution < -0.4 is 5.32 Å². The van der Waals surface area contributed by atoms with E-state index in [0.29, 0.717) is 19.4 Å². The number of amides is 1. The lowest BCUT2D eigenvalue weighted by atomic mass is 9.99. The smallest absolute Gasteiger partial charge is 0.305 e. The second-order valence-corrected chi connectivity index (χ2v) is 22.8. The van der Waals surface area contributed by atoms with Gasteiger partial charge in [-0.1, -0.05) is 262 Å². The van der Waals surface area contributed by atoms with Gasteiger partial charge >= 0.3 is 5.97 Å². The average molecular weight is 1100 g/mol. The molecule has 1 aliphatic rings. The number of ether oxygens (including phenoxy) is 3. The van der Waals surface area contributed by atoms with E-state index < -0.39 is 49.5 Å². The van der Waals surface area contributed by atoms with E-state index in [1.165, 1.54) is 205 Å². The number of carbonyl (C=O) groups is 2. The van der Waals surface area contributed by atoms with Gasteiger partial charge in [0, 0.05) is 12.8 Å². The third-order valence-corrected chi connectivity index (χ3v) is 15.4. The largest absolute Gasteiger partial charge is 0.466 e. The molecule has 0 bridgehead atoms. The Morgan fingerprint density at radius 2 is 0.846 bits per heavy atom. The van der Waals surface area contributed by atoms with Gasteiger partial charge in [-0.05, 0) is 77.0 Å². The minimum atomic E-state index is -1.58. The van der Waals surface area contributed by atoms with E-state index in [2.05, 4.69) is 55.6 Å². The van der Waals surface area contributed by atoms with E-state index >= 15 is 0 Å². The molecule has 1 rings (SSSR count). The number of aliphatic hydroxyl groups excluding tert-OH is 5. The van der Waals surface area contributed by atoms with Gasteiger partial charge in [0.1, 0.15) is 24.4 Å². The van der Waals surface area contributed by atoms with Crippen molar-refractivity contribution in [3.05, 3.63) is 48.6 Å². The predicted octanol–water partition coefficient (Wildman–Crippen LogP) is 16.0. The number of esters is 1. The first kappa shape index (κ1) is 73.6. The van der Waals surface area contributed by atoms with Crippen LogP contribution in [0.1, 0.15) is 303 Å². The van der Waals surface area contributed by atoms with Crippen LogP contribution in [0.25, 0.3) is 0 Å². The zero-order chi connectivity index (χ0) is 56.6. The third kappa shape index (κ3) is 45.3. The molecule has 1 heterocycles. The summed E-state index contributed by atoms with van der Waals surface area (Å²) < 4.78 is 16.7. The first-order chi connectivity index (χ1) is 38.2. The zero-order valence-electron chi connectivity index (χ0n) is 50.4. The minimum absolute atomic E-state index is 0.00448. The van der Waals surface area contributed by atoms with E-state index in [0.717, 1.165) is 70.6 Å². The lowest BCUT2D eigenvalue weighted by Crippen LogP contribution is -2.60. The van der Waals surface area contributed by atoms with Crippen molar-refractivity contribution in [2.45, 2.75) is 346 Å². The maximum Gasteiger partial charge on any atom is 0.305 e. The monoisotopic (exact) mass is 1100 g/mol. The molecule has 7 atom stereocenters. The molecule has 78 heavy (non-hydrogen) atoms. The molecule has 456 valence electrons. The van der Waals surface area contributed by atoms with Crippen molar-refractivity contribution in [2.24, 2.45) is 0 Å². The van der Waals surface area contributed by atoms with Crippen LogP contribution in [0, 0.1) is 0 Å². The summed E-state index contributed by atoms with van der Waals surface area (Å²) in [5.41, 5.74) is 0. The van der Waals surface area contributed by atoms with Gasteiger partial charge < -0.3 is 45.1 Å². The number of rotatable bonds is 57. The van der Waals surface area contributed by atoms with Crippen LogP contribution in [-0.4, -0.2) is 100 Å². The van der Waals surface area contributed by atoms with Crippen molar-refractivity contribution in [1.82, 2.24) is 5.32 Å². The van der Waals surface area contributed by atoms with Crippen LogP contribution in [0.3, 0.4) is 0 Å². The Kier molecular flexibility index (Phi) is 53.3. The maximum absolute atomic E-state index is 13.0. The van der Waals surface area contributed by atoms with Gasteiger partial charge in [0.05, 0.1) is 32.0 Å². The molecule has 1 fully saturated rings. The summed E-state index contributed by atoms with van der Waals surface area (Å²) in [5, 5.41) is 54.3. The molecule has 0 radical (unpaired) electrons. The Balaban J connectivity index is 2.01. The predicted molar refractivity (Wildman–Crippen MR) is 324 cm³/mol. The van der Waals surface area contributed by atoms with E-state index in [1.807, 2.05) is 6.08 Å². The summed E-state index contributed by atoms with van der Waals surface area (Å²) in [6.45, 7) is 4.28. The van der Waals surface area contributed by atoms with Crippen LogP contribution in [0.2, 0.25) is 0 Å². The summed E-state index contributed by atoms with van der Waals surface area (Å²) in [6.07, 6.45) is 62.3. The number of hydrogen-bond donors (Lipinski definition) is 6. The van der Waals surface area contributed by atoms with Crippen LogP contribution >= 0.6 is 0 Å². The first-order valence-corrected chi connectivity index (χ1v) is 32.9. The molecule has 1 amide bonds. The van der Waals surface area contributed by atoms with Gasteiger partial charge in [-0.15, -0.1) is 0 Å². The highest BCUT2D eigenvalue weighted by molar-refractivity contribution is 5.76. The summed E-state index contributed by atoms with van der Waals surface area (Å²) in [6, 6.07) is -0.835. The van der Waals surface area contributed by atoms with Crippen LogP contribution in [0.5, 0.6) is 0 Å². The Labute approximate surface area is 478 Å². The number of unbranched alkanes of at least 4 members (excludes halogenated alkanes) is 37. The standard InChI is InChI=1S/C67H123NO10/c1-3-5-7-9-11-13-15-34-37-41-45-49-53-60(70)59(58-77-67-66(75)65(74)64(73)61(57-69)78-67)68-62(71)54-50-46-42-38-35-31-29-27-25-23-21-19-17-16-18-20-22-24-26-28-30-32-36-40-44-48-52-56-76-63(72)55-51-47-43-39-33-14-12-10-8-6-4-2/h9,11,16-17,34,37,49,53,59-61,64-67,69-70,73-75H,3-8,10,12-15,18-33,35-36,38-48,50-52,54-58H2,1-2H3,(H,68,71)/b11-9+,17-16-,37-34+,53-49+. The molecule has 1 aliphatic heterocycles. The van der Waals surface area contributed by atoms with Gasteiger partial charge in [0.15, 0.2) is 6.29 Å². The van der Waals surface area contributed by atoms with Crippen molar-refractivity contribution in [2.75, 3.05) is 19.8 Å². The quantitative estimate of drug-likeness (QED) is 0.0195. The van der Waals surface area contributed by atoms with Gasteiger partial charge in [-0.25, -0.2) is 0 Å². The fourth-order valence-corrected chi connectivity index (χ4v) is 10.2. The van der Waals surface area contributed by atoms with Crippen molar-refractivity contribution in [1.29, 1.82) is 0 Å². The van der Waals surface area contributed by atoms with Crippen LogP contribution in [0.15, 0.2) is 48.6 Å². The van der Waals surface area contributed by atoms with Crippen LogP contribution in [-0.2, 0) is 23.8 Å². The third-order valence-electron chi connectivity index (χ3n) is 15.4. The molecular weight excluding hydrogens is 979 g/mol. The molecule has 11 heteroatoms. The highest BCUT2D eigenvalue weighted by Gasteiger charge is 2.44. The number of allylic oxidation sites excluding steroid dienone is 7. The number of aliphatic hydroxyl groups is 5. The molecule has 0 aliphatic carbocycles. The number of hydrogen-bond acceptors (Lipinski definition) is 10. The summed E-state index contributed by atoms with van der Waals surface area (Å²) in [5.74, 6) is -0.194. The van der Waals surface area contributed by atoms with E-state index in [9.17, 15) is 35.1 Å². The van der Waals surface area contributed by atoms with E-state index in [-0.39, 0.29) is 18.5 Å². The fourth-order valence-electron chi connectivity index (χ4n) is 10.2. The lowest BCUT2D eigenvalue weighted by molar-refractivity contribution is -0.302. The molecule has 7 unspecified atom stereocenters. The highest BCUT2D eigenvalue weighted by Crippen LogP contribution is 2.23. The molecule has 1 saturated heterocycles. The Morgan fingerprint density at radius 3 is 1.31 bits per heavy atom. The van der Waals surface area contributed by atoms with Crippen LogP contribution in [0.4, 0.5) is 0 Å². The molecule has 0 aromatic heterocycles. The number of nitrogens with one attached hydrogen (secondary N) is 1. The van der Waals surface area contributed by atoms with E-state index in [4.69, 9.17) is 14.2 Å². The average Bonchev–Trinajstić information content (AvgIpc) is 3.44. The molecule has 0 spiro atoms. The number of carbonyl (C=O) groups excluding carboxylic acids is 2. The lowest BCUT2D eigenvalue weighted by Gasteiger charge is -2.40. The van der Waals surface area contributed by atoms with Crippen molar-refractivity contribution >= 4 is 11.9 Å². The van der Waals surface area contributed by atoms with Gasteiger partial charge in [0.25, 0.3) is 0 Å². The van der Waals surface area contributed by atoms with E-state index in [1.54, 1.807) is 6.08 Å². The molecule has 0 aromatic rings. The molecule has 0 saturated carbocycles. The maximum atomic E-state index is 13.0. The fraction of sp³-hybridized carbons (Fsp3) is 0.851.